The number of aromatic amines is 2. The van der Waals surface area contributed by atoms with Crippen LogP contribution in [0.5, 0.6) is 5.75 Å². The molecule has 0 amide bonds. The number of nitrogens with zero attached hydrogens (tertiary/aromatic N) is 1. The summed E-state index contributed by atoms with van der Waals surface area (Å²) in [6, 6.07) is 6.87. The van der Waals surface area contributed by atoms with E-state index in [-0.39, 0.29) is 11.3 Å². The van der Waals surface area contributed by atoms with Gasteiger partial charge in [0.05, 0.1) is 5.69 Å². The van der Waals surface area contributed by atoms with Crippen molar-refractivity contribution in [1.82, 2.24) is 10.2 Å². The summed E-state index contributed by atoms with van der Waals surface area (Å²) in [7, 11) is 0. The number of phenols is 1. The van der Waals surface area contributed by atoms with Crippen LogP contribution in [0.1, 0.15) is 19.3 Å². The third kappa shape index (κ3) is 2.23. The van der Waals surface area contributed by atoms with Crippen LogP contribution in [0.4, 0.5) is 5.69 Å². The van der Waals surface area contributed by atoms with Gasteiger partial charge in [0.25, 0.3) is 5.56 Å². The third-order valence-corrected chi connectivity index (χ3v) is 3.58. The van der Waals surface area contributed by atoms with Gasteiger partial charge in [-0.05, 0) is 43.5 Å². The highest BCUT2D eigenvalue weighted by atomic mass is 16.3. The van der Waals surface area contributed by atoms with Crippen molar-refractivity contribution in [3.63, 3.8) is 0 Å². The number of aromatic nitrogens is 2. The van der Waals surface area contributed by atoms with Crippen molar-refractivity contribution >= 4 is 5.69 Å². The molecule has 100 valence electrons. The maximum Gasteiger partial charge on any atom is 0.288 e. The van der Waals surface area contributed by atoms with Crippen LogP contribution in [0.2, 0.25) is 0 Å². The van der Waals surface area contributed by atoms with Crippen molar-refractivity contribution in [2.75, 3.05) is 18.0 Å². The van der Waals surface area contributed by atoms with Gasteiger partial charge in [-0.15, -0.1) is 0 Å². The fraction of sp³-hybridized carbons (Fsp3) is 0.357. The van der Waals surface area contributed by atoms with E-state index in [0.29, 0.717) is 5.69 Å². The minimum Gasteiger partial charge on any atom is -0.508 e. The summed E-state index contributed by atoms with van der Waals surface area (Å²) in [6.07, 6.45) is 3.48. The molecule has 2 heterocycles. The van der Waals surface area contributed by atoms with E-state index in [1.54, 1.807) is 12.1 Å². The highest BCUT2D eigenvalue weighted by molar-refractivity contribution is 5.74. The van der Waals surface area contributed by atoms with Gasteiger partial charge in [-0.2, -0.15) is 0 Å². The van der Waals surface area contributed by atoms with E-state index in [2.05, 4.69) is 15.1 Å². The number of piperidine rings is 1. The van der Waals surface area contributed by atoms with Crippen LogP contribution < -0.4 is 10.5 Å². The molecule has 1 aliphatic heterocycles. The lowest BCUT2D eigenvalue weighted by atomic mass is 10.1. The number of H-pyrrole nitrogens is 2. The summed E-state index contributed by atoms with van der Waals surface area (Å²) in [5.41, 5.74) is 2.33. The molecule has 5 heteroatoms. The maximum absolute atomic E-state index is 12.0. The van der Waals surface area contributed by atoms with Gasteiger partial charge in [0.1, 0.15) is 11.4 Å². The molecule has 1 saturated heterocycles. The number of nitrogens with one attached hydrogen (secondary N) is 2. The molecule has 0 atom stereocenters. The van der Waals surface area contributed by atoms with Crippen LogP contribution in [0.25, 0.3) is 11.3 Å². The quantitative estimate of drug-likeness (QED) is 0.773. The Kier molecular flexibility index (Phi) is 3.03. The predicted octanol–water partition coefficient (Wildman–Crippen LogP) is 2.07. The Morgan fingerprint density at radius 1 is 1.00 bits per heavy atom. The first-order chi connectivity index (χ1) is 9.25. The fourth-order valence-electron chi connectivity index (χ4n) is 2.61. The minimum atomic E-state index is -0.0787. The Labute approximate surface area is 110 Å². The average Bonchev–Trinajstić information content (AvgIpc) is 2.82. The molecule has 0 aliphatic carbocycles. The SMILES string of the molecule is O=c1[nH][nH]c(-c2ccc(O)cc2)c1N1CCCCC1. The zero-order valence-corrected chi connectivity index (χ0v) is 10.6. The average molecular weight is 259 g/mol. The lowest BCUT2D eigenvalue weighted by Crippen LogP contribution is -2.32. The van der Waals surface area contributed by atoms with Gasteiger partial charge in [0.15, 0.2) is 0 Å². The van der Waals surface area contributed by atoms with Gasteiger partial charge < -0.3 is 10.0 Å². The Balaban J connectivity index is 2.02. The Bertz CT molecular complexity index is 606. The third-order valence-electron chi connectivity index (χ3n) is 3.58. The molecule has 19 heavy (non-hydrogen) atoms. The van der Waals surface area contributed by atoms with Gasteiger partial charge in [0.2, 0.25) is 0 Å². The molecule has 0 spiro atoms. The molecule has 3 rings (SSSR count). The van der Waals surface area contributed by atoms with Crippen LogP contribution in [-0.2, 0) is 0 Å². The zero-order chi connectivity index (χ0) is 13.2. The molecule has 1 fully saturated rings. The van der Waals surface area contributed by atoms with Gasteiger partial charge in [-0.3, -0.25) is 15.0 Å². The Morgan fingerprint density at radius 3 is 2.37 bits per heavy atom. The van der Waals surface area contributed by atoms with Gasteiger partial charge in [0, 0.05) is 18.7 Å². The second kappa shape index (κ2) is 4.84. The highest BCUT2D eigenvalue weighted by Crippen LogP contribution is 2.28. The fourth-order valence-corrected chi connectivity index (χ4v) is 2.61. The smallest absolute Gasteiger partial charge is 0.288 e. The second-order valence-corrected chi connectivity index (χ2v) is 4.90. The number of phenolic OH excluding ortho intramolecular Hbond substituents is 1. The van der Waals surface area contributed by atoms with Crippen LogP contribution in [-0.4, -0.2) is 28.4 Å². The number of benzene rings is 1. The number of aromatic hydroxyl groups is 1. The molecule has 5 nitrogen and oxygen atoms in total. The highest BCUT2D eigenvalue weighted by Gasteiger charge is 2.20. The van der Waals surface area contributed by atoms with E-state index >= 15 is 0 Å². The molecule has 0 bridgehead atoms. The molecular formula is C14H17N3O2. The first kappa shape index (κ1) is 11.9. The predicted molar refractivity (Wildman–Crippen MR) is 74.6 cm³/mol. The number of hydrogen-bond acceptors (Lipinski definition) is 3. The van der Waals surface area contributed by atoms with Crippen molar-refractivity contribution in [2.24, 2.45) is 0 Å². The summed E-state index contributed by atoms with van der Waals surface area (Å²) >= 11 is 0. The number of hydrogen-bond donors (Lipinski definition) is 3. The number of rotatable bonds is 2. The molecule has 0 radical (unpaired) electrons. The van der Waals surface area contributed by atoms with Gasteiger partial charge in [-0.1, -0.05) is 0 Å². The number of anilines is 1. The lowest BCUT2D eigenvalue weighted by Gasteiger charge is -2.27. The van der Waals surface area contributed by atoms with E-state index in [1.165, 1.54) is 6.42 Å². The molecule has 0 unspecified atom stereocenters. The second-order valence-electron chi connectivity index (χ2n) is 4.90. The standard InChI is InChI=1S/C14H17N3O2/c18-11-6-4-10(5-7-11)12-13(14(19)16-15-12)17-8-2-1-3-9-17/h4-7,18H,1-3,8-9H2,(H2,15,16,19). The first-order valence-corrected chi connectivity index (χ1v) is 6.61. The van der Waals surface area contributed by atoms with Crippen molar-refractivity contribution in [2.45, 2.75) is 19.3 Å². The summed E-state index contributed by atoms with van der Waals surface area (Å²) < 4.78 is 0. The van der Waals surface area contributed by atoms with E-state index in [1.807, 2.05) is 12.1 Å². The van der Waals surface area contributed by atoms with Crippen LogP contribution in [0.15, 0.2) is 29.1 Å². The molecule has 1 aromatic carbocycles. The van der Waals surface area contributed by atoms with Gasteiger partial charge in [-0.25, -0.2) is 0 Å². The lowest BCUT2D eigenvalue weighted by molar-refractivity contribution is 0.475. The molecule has 1 aromatic heterocycles. The summed E-state index contributed by atoms with van der Waals surface area (Å²) in [5, 5.41) is 14.9. The van der Waals surface area contributed by atoms with E-state index < -0.39 is 0 Å². The Morgan fingerprint density at radius 2 is 1.68 bits per heavy atom. The molecule has 2 aromatic rings. The van der Waals surface area contributed by atoms with Crippen molar-refractivity contribution in [3.8, 4) is 17.0 Å². The molecule has 0 saturated carbocycles. The van der Waals surface area contributed by atoms with Crippen LogP contribution in [0, 0.1) is 0 Å². The summed E-state index contributed by atoms with van der Waals surface area (Å²) in [5.74, 6) is 0.223. The zero-order valence-electron chi connectivity index (χ0n) is 10.6. The minimum absolute atomic E-state index is 0.0787. The maximum atomic E-state index is 12.0. The summed E-state index contributed by atoms with van der Waals surface area (Å²) in [6.45, 7) is 1.85. The van der Waals surface area contributed by atoms with Crippen molar-refractivity contribution < 1.29 is 5.11 Å². The van der Waals surface area contributed by atoms with Crippen molar-refractivity contribution in [1.29, 1.82) is 0 Å². The van der Waals surface area contributed by atoms with E-state index in [0.717, 1.165) is 37.2 Å². The normalized spacial score (nSPS) is 15.7. The van der Waals surface area contributed by atoms with Crippen LogP contribution in [0.3, 0.4) is 0 Å². The Hall–Kier alpha value is -2.17. The molecular weight excluding hydrogens is 242 g/mol. The van der Waals surface area contributed by atoms with E-state index in [9.17, 15) is 9.90 Å². The van der Waals surface area contributed by atoms with Crippen molar-refractivity contribution in [3.05, 3.63) is 34.6 Å². The van der Waals surface area contributed by atoms with E-state index in [4.69, 9.17) is 0 Å². The largest absolute Gasteiger partial charge is 0.508 e. The first-order valence-electron chi connectivity index (χ1n) is 6.61. The topological polar surface area (TPSA) is 72.1 Å². The molecule has 3 N–H and O–H groups in total. The summed E-state index contributed by atoms with van der Waals surface area (Å²) in [4.78, 5) is 14.1. The monoisotopic (exact) mass is 259 g/mol. The molecule has 1 aliphatic rings. The van der Waals surface area contributed by atoms with Gasteiger partial charge >= 0.3 is 0 Å². The van der Waals surface area contributed by atoms with Crippen LogP contribution >= 0.6 is 0 Å².